The van der Waals surface area contributed by atoms with Crippen LogP contribution in [0.4, 0.5) is 0 Å². The average Bonchev–Trinajstić information content (AvgIpc) is 2.56. The number of ketones is 1. The molecule has 3 heteroatoms. The summed E-state index contributed by atoms with van der Waals surface area (Å²) in [6, 6.07) is 0. The van der Waals surface area contributed by atoms with Gasteiger partial charge in [0.15, 0.2) is 0 Å². The molecule has 1 saturated carbocycles. The summed E-state index contributed by atoms with van der Waals surface area (Å²) in [5.41, 5.74) is 2.81. The highest BCUT2D eigenvalue weighted by molar-refractivity contribution is 7.07. The van der Waals surface area contributed by atoms with Gasteiger partial charge in [-0.25, -0.2) is 4.98 Å². The van der Waals surface area contributed by atoms with Crippen LogP contribution in [0.5, 0.6) is 0 Å². The summed E-state index contributed by atoms with van der Waals surface area (Å²) < 4.78 is 0. The second kappa shape index (κ2) is 4.01. The van der Waals surface area contributed by atoms with Crippen molar-refractivity contribution in [3.8, 4) is 0 Å². The minimum atomic E-state index is 0.105. The molecule has 1 unspecified atom stereocenters. The third-order valence-corrected chi connectivity index (χ3v) is 3.22. The smallest absolute Gasteiger partial charge is 0.141 e. The number of carbonyl (C=O) groups excluding carboxylic acids is 1. The molecule has 0 N–H and O–H groups in total. The van der Waals surface area contributed by atoms with E-state index in [1.54, 1.807) is 11.3 Å². The fourth-order valence-electron chi connectivity index (χ4n) is 1.87. The van der Waals surface area contributed by atoms with Gasteiger partial charge in [-0.2, -0.15) is 0 Å². The lowest BCUT2D eigenvalue weighted by atomic mass is 9.96. The van der Waals surface area contributed by atoms with Crippen LogP contribution in [-0.4, -0.2) is 10.8 Å². The SMILES string of the molecule is O=C1CCCCCC1c1cscn1. The third kappa shape index (κ3) is 1.97. The van der Waals surface area contributed by atoms with Crippen LogP contribution in [0.25, 0.3) is 0 Å². The number of hydrogen-bond donors (Lipinski definition) is 0. The Labute approximate surface area is 82.0 Å². The van der Waals surface area contributed by atoms with Crippen LogP contribution in [0.1, 0.15) is 43.7 Å². The highest BCUT2D eigenvalue weighted by atomic mass is 32.1. The molecule has 1 aliphatic carbocycles. The van der Waals surface area contributed by atoms with Gasteiger partial charge in [0.05, 0.1) is 17.1 Å². The van der Waals surface area contributed by atoms with Gasteiger partial charge in [-0.15, -0.1) is 11.3 Å². The molecule has 0 radical (unpaired) electrons. The van der Waals surface area contributed by atoms with Crippen LogP contribution in [0.15, 0.2) is 10.9 Å². The van der Waals surface area contributed by atoms with Crippen LogP contribution < -0.4 is 0 Å². The maximum atomic E-state index is 11.7. The van der Waals surface area contributed by atoms with Crippen LogP contribution in [-0.2, 0) is 4.79 Å². The molecule has 1 aromatic heterocycles. The molecule has 0 spiro atoms. The van der Waals surface area contributed by atoms with Crippen molar-refractivity contribution < 1.29 is 4.79 Å². The molecule has 1 aliphatic rings. The molecule has 0 saturated heterocycles. The zero-order valence-corrected chi connectivity index (χ0v) is 8.35. The summed E-state index contributed by atoms with van der Waals surface area (Å²) in [5, 5.41) is 2.01. The van der Waals surface area contributed by atoms with Crippen molar-refractivity contribution in [1.82, 2.24) is 4.98 Å². The molecular weight excluding hydrogens is 182 g/mol. The van der Waals surface area contributed by atoms with Gasteiger partial charge in [-0.1, -0.05) is 12.8 Å². The highest BCUT2D eigenvalue weighted by Gasteiger charge is 2.23. The highest BCUT2D eigenvalue weighted by Crippen LogP contribution is 2.28. The first kappa shape index (κ1) is 8.88. The largest absolute Gasteiger partial charge is 0.299 e. The van der Waals surface area contributed by atoms with Crippen molar-refractivity contribution in [2.24, 2.45) is 0 Å². The normalized spacial score (nSPS) is 24.3. The van der Waals surface area contributed by atoms with E-state index >= 15 is 0 Å². The zero-order valence-electron chi connectivity index (χ0n) is 7.53. The van der Waals surface area contributed by atoms with Crippen molar-refractivity contribution >= 4 is 17.1 Å². The van der Waals surface area contributed by atoms with E-state index in [1.165, 1.54) is 12.8 Å². The molecule has 1 aromatic rings. The van der Waals surface area contributed by atoms with Gasteiger partial charge in [0.2, 0.25) is 0 Å². The maximum absolute atomic E-state index is 11.7. The number of aromatic nitrogens is 1. The van der Waals surface area contributed by atoms with Crippen LogP contribution in [0.3, 0.4) is 0 Å². The van der Waals surface area contributed by atoms with E-state index in [-0.39, 0.29) is 5.92 Å². The predicted octanol–water partition coefficient (Wildman–Crippen LogP) is 2.76. The Bertz CT molecular complexity index is 281. The Morgan fingerprint density at radius 2 is 2.31 bits per heavy atom. The molecule has 0 aliphatic heterocycles. The van der Waals surface area contributed by atoms with Gasteiger partial charge in [0.25, 0.3) is 0 Å². The number of nitrogens with zero attached hydrogens (tertiary/aromatic N) is 1. The molecule has 70 valence electrons. The second-order valence-electron chi connectivity index (χ2n) is 3.53. The van der Waals surface area contributed by atoms with E-state index in [2.05, 4.69) is 4.98 Å². The monoisotopic (exact) mass is 195 g/mol. The number of thiazole rings is 1. The Hall–Kier alpha value is -0.700. The predicted molar refractivity (Wildman–Crippen MR) is 52.9 cm³/mol. The second-order valence-corrected chi connectivity index (χ2v) is 4.25. The maximum Gasteiger partial charge on any atom is 0.141 e. The van der Waals surface area contributed by atoms with Crippen molar-refractivity contribution in [1.29, 1.82) is 0 Å². The molecule has 1 fully saturated rings. The molecule has 0 amide bonds. The van der Waals surface area contributed by atoms with Crippen LogP contribution in [0.2, 0.25) is 0 Å². The first-order valence-electron chi connectivity index (χ1n) is 4.79. The number of rotatable bonds is 1. The Morgan fingerprint density at radius 1 is 1.38 bits per heavy atom. The summed E-state index contributed by atoms with van der Waals surface area (Å²) in [5.74, 6) is 0.497. The lowest BCUT2D eigenvalue weighted by Crippen LogP contribution is -2.10. The summed E-state index contributed by atoms with van der Waals surface area (Å²) in [7, 11) is 0. The molecule has 1 atom stereocenters. The fourth-order valence-corrected chi connectivity index (χ4v) is 2.47. The van der Waals surface area contributed by atoms with Crippen molar-refractivity contribution in [2.45, 2.75) is 38.0 Å². The lowest BCUT2D eigenvalue weighted by molar-refractivity contribution is -0.120. The quantitative estimate of drug-likeness (QED) is 0.645. The van der Waals surface area contributed by atoms with Crippen LogP contribution in [0, 0.1) is 0 Å². The Balaban J connectivity index is 2.16. The summed E-state index contributed by atoms with van der Waals surface area (Å²) in [4.78, 5) is 15.9. The van der Waals surface area contributed by atoms with E-state index in [0.29, 0.717) is 5.78 Å². The zero-order chi connectivity index (χ0) is 9.10. The first-order valence-corrected chi connectivity index (χ1v) is 5.73. The Morgan fingerprint density at radius 3 is 3.08 bits per heavy atom. The topological polar surface area (TPSA) is 30.0 Å². The summed E-state index contributed by atoms with van der Waals surface area (Å²) >= 11 is 1.58. The van der Waals surface area contributed by atoms with Crippen molar-refractivity contribution in [2.75, 3.05) is 0 Å². The molecule has 0 aromatic carbocycles. The minimum absolute atomic E-state index is 0.105. The van der Waals surface area contributed by atoms with E-state index in [1.807, 2.05) is 10.9 Å². The van der Waals surface area contributed by atoms with Crippen molar-refractivity contribution in [3.05, 3.63) is 16.6 Å². The molecular formula is C10H13NOS. The molecule has 2 rings (SSSR count). The average molecular weight is 195 g/mol. The number of carbonyl (C=O) groups is 1. The Kier molecular flexibility index (Phi) is 2.74. The third-order valence-electron chi connectivity index (χ3n) is 2.61. The first-order chi connectivity index (χ1) is 6.38. The minimum Gasteiger partial charge on any atom is -0.299 e. The standard InChI is InChI=1S/C10H13NOS/c12-10-5-3-1-2-4-8(10)9-6-13-7-11-9/h6-8H,1-5H2. The van der Waals surface area contributed by atoms with E-state index < -0.39 is 0 Å². The summed E-state index contributed by atoms with van der Waals surface area (Å²) in [6.07, 6.45) is 5.20. The number of Topliss-reactive ketones (excluding diaryl/α,β-unsaturated/α-hetero) is 1. The summed E-state index contributed by atoms with van der Waals surface area (Å²) in [6.45, 7) is 0. The van der Waals surface area contributed by atoms with Gasteiger partial charge >= 0.3 is 0 Å². The van der Waals surface area contributed by atoms with Gasteiger partial charge in [-0.05, 0) is 12.8 Å². The van der Waals surface area contributed by atoms with Gasteiger partial charge in [-0.3, -0.25) is 4.79 Å². The molecule has 13 heavy (non-hydrogen) atoms. The molecule has 2 nitrogen and oxygen atoms in total. The van der Waals surface area contributed by atoms with E-state index in [4.69, 9.17) is 0 Å². The van der Waals surface area contributed by atoms with Gasteiger partial charge < -0.3 is 0 Å². The fraction of sp³-hybridized carbons (Fsp3) is 0.600. The van der Waals surface area contributed by atoms with Gasteiger partial charge in [0, 0.05) is 11.8 Å². The van der Waals surface area contributed by atoms with Crippen molar-refractivity contribution in [3.63, 3.8) is 0 Å². The van der Waals surface area contributed by atoms with E-state index in [0.717, 1.165) is 25.0 Å². The lowest BCUT2D eigenvalue weighted by Gasteiger charge is -2.08. The van der Waals surface area contributed by atoms with Crippen LogP contribution >= 0.6 is 11.3 Å². The molecule has 0 bridgehead atoms. The number of hydrogen-bond acceptors (Lipinski definition) is 3. The van der Waals surface area contributed by atoms with E-state index in [9.17, 15) is 4.79 Å². The van der Waals surface area contributed by atoms with Gasteiger partial charge in [0.1, 0.15) is 5.78 Å². The molecule has 1 heterocycles.